The summed E-state index contributed by atoms with van der Waals surface area (Å²) in [6.07, 6.45) is 3.38. The quantitative estimate of drug-likeness (QED) is 0.662. The van der Waals surface area contributed by atoms with Crippen molar-refractivity contribution in [2.75, 3.05) is 30.8 Å². The molecule has 0 fully saturated rings. The predicted molar refractivity (Wildman–Crippen MR) is 74.9 cm³/mol. The molecule has 0 spiro atoms. The van der Waals surface area contributed by atoms with Crippen LogP contribution in [0.15, 0.2) is 6.07 Å². The van der Waals surface area contributed by atoms with E-state index in [2.05, 4.69) is 34.4 Å². The summed E-state index contributed by atoms with van der Waals surface area (Å²) in [6.45, 7) is 6.59. The summed E-state index contributed by atoms with van der Waals surface area (Å²) in [4.78, 5) is 8.82. The van der Waals surface area contributed by atoms with Gasteiger partial charge in [-0.3, -0.25) is 0 Å². The van der Waals surface area contributed by atoms with Crippen molar-refractivity contribution < 1.29 is 4.74 Å². The van der Waals surface area contributed by atoms with Crippen molar-refractivity contribution in [3.05, 3.63) is 11.9 Å². The van der Waals surface area contributed by atoms with Gasteiger partial charge in [-0.15, -0.1) is 0 Å². The van der Waals surface area contributed by atoms with Crippen molar-refractivity contribution in [1.29, 1.82) is 0 Å². The number of nitrogens with zero attached hydrogens (tertiary/aromatic N) is 2. The third-order valence-corrected chi connectivity index (χ3v) is 2.44. The zero-order valence-corrected chi connectivity index (χ0v) is 11.6. The van der Waals surface area contributed by atoms with Gasteiger partial charge in [0.2, 0.25) is 0 Å². The molecule has 1 aromatic heterocycles. The number of rotatable bonds is 9. The molecule has 0 bridgehead atoms. The van der Waals surface area contributed by atoms with Gasteiger partial charge in [0.25, 0.3) is 0 Å². The molecule has 0 amide bonds. The van der Waals surface area contributed by atoms with E-state index in [-0.39, 0.29) is 0 Å². The Morgan fingerprint density at radius 3 is 2.28 bits per heavy atom. The second-order valence-electron chi connectivity index (χ2n) is 4.19. The predicted octanol–water partition coefficient (Wildman–Crippen LogP) is 2.66. The number of methoxy groups -OCH3 is 1. The minimum Gasteiger partial charge on any atom is -0.377 e. The van der Waals surface area contributed by atoms with Gasteiger partial charge in [-0.2, -0.15) is 0 Å². The van der Waals surface area contributed by atoms with Crippen molar-refractivity contribution in [1.82, 2.24) is 9.97 Å². The van der Waals surface area contributed by atoms with E-state index in [0.717, 1.165) is 37.6 Å². The number of unbranched alkanes of at least 4 members (excludes halogenated alkanes) is 1. The van der Waals surface area contributed by atoms with E-state index in [4.69, 9.17) is 4.74 Å². The summed E-state index contributed by atoms with van der Waals surface area (Å²) in [5.41, 5.74) is 0. The number of nitrogens with one attached hydrogen (secondary N) is 2. The molecule has 0 aliphatic heterocycles. The Labute approximate surface area is 109 Å². The molecule has 0 saturated carbocycles. The average molecular weight is 252 g/mol. The molecule has 0 aromatic carbocycles. The van der Waals surface area contributed by atoms with Gasteiger partial charge < -0.3 is 15.4 Å². The Hall–Kier alpha value is -1.36. The van der Waals surface area contributed by atoms with E-state index < -0.39 is 0 Å². The Balaban J connectivity index is 2.70. The summed E-state index contributed by atoms with van der Waals surface area (Å²) >= 11 is 0. The topological polar surface area (TPSA) is 59.1 Å². The molecule has 0 unspecified atom stereocenters. The van der Waals surface area contributed by atoms with Crippen LogP contribution in [-0.2, 0) is 11.3 Å². The van der Waals surface area contributed by atoms with E-state index in [9.17, 15) is 0 Å². The fourth-order valence-corrected chi connectivity index (χ4v) is 1.52. The van der Waals surface area contributed by atoms with Gasteiger partial charge in [0.1, 0.15) is 18.2 Å². The third kappa shape index (κ3) is 5.31. The summed E-state index contributed by atoms with van der Waals surface area (Å²) in [5, 5.41) is 6.59. The number of anilines is 2. The Morgan fingerprint density at radius 1 is 1.06 bits per heavy atom. The van der Waals surface area contributed by atoms with Gasteiger partial charge >= 0.3 is 0 Å². The molecule has 102 valence electrons. The molecular formula is C13H24N4O. The minimum absolute atomic E-state index is 0.435. The van der Waals surface area contributed by atoms with Crippen LogP contribution in [0.4, 0.5) is 11.6 Å². The van der Waals surface area contributed by atoms with Crippen LogP contribution in [-0.4, -0.2) is 30.2 Å². The monoisotopic (exact) mass is 252 g/mol. The molecule has 0 saturated heterocycles. The van der Waals surface area contributed by atoms with Crippen molar-refractivity contribution in [3.63, 3.8) is 0 Å². The van der Waals surface area contributed by atoms with Crippen LogP contribution in [0.25, 0.3) is 0 Å². The fourth-order valence-electron chi connectivity index (χ4n) is 1.52. The van der Waals surface area contributed by atoms with Gasteiger partial charge in [0.05, 0.1) is 0 Å². The van der Waals surface area contributed by atoms with Crippen LogP contribution in [0.2, 0.25) is 0 Å². The highest BCUT2D eigenvalue weighted by Gasteiger charge is 2.03. The molecule has 0 atom stereocenters. The highest BCUT2D eigenvalue weighted by Crippen LogP contribution is 2.12. The van der Waals surface area contributed by atoms with Crippen LogP contribution in [0, 0.1) is 0 Å². The lowest BCUT2D eigenvalue weighted by Gasteiger charge is -2.10. The first-order chi connectivity index (χ1) is 8.80. The molecule has 2 N–H and O–H groups in total. The summed E-state index contributed by atoms with van der Waals surface area (Å²) in [5.74, 6) is 2.43. The first-order valence-corrected chi connectivity index (χ1v) is 6.64. The number of ether oxygens (including phenoxy) is 1. The summed E-state index contributed by atoms with van der Waals surface area (Å²) in [7, 11) is 1.65. The van der Waals surface area contributed by atoms with Gasteiger partial charge in [0.15, 0.2) is 5.82 Å². The smallest absolute Gasteiger partial charge is 0.158 e. The average Bonchev–Trinajstić information content (AvgIpc) is 2.37. The highest BCUT2D eigenvalue weighted by molar-refractivity contribution is 5.47. The maximum absolute atomic E-state index is 5.09. The first-order valence-electron chi connectivity index (χ1n) is 6.64. The molecule has 1 rings (SSSR count). The second kappa shape index (κ2) is 8.69. The third-order valence-electron chi connectivity index (χ3n) is 2.44. The minimum atomic E-state index is 0.435. The molecular weight excluding hydrogens is 228 g/mol. The van der Waals surface area contributed by atoms with Crippen molar-refractivity contribution in [2.24, 2.45) is 0 Å². The van der Waals surface area contributed by atoms with Crippen LogP contribution in [0.5, 0.6) is 0 Å². The van der Waals surface area contributed by atoms with Crippen LogP contribution in [0.1, 0.15) is 38.9 Å². The van der Waals surface area contributed by atoms with Crippen LogP contribution < -0.4 is 10.6 Å². The van der Waals surface area contributed by atoms with Crippen molar-refractivity contribution in [2.45, 2.75) is 39.7 Å². The van der Waals surface area contributed by atoms with E-state index in [1.165, 1.54) is 6.42 Å². The molecule has 5 nitrogen and oxygen atoms in total. The number of hydrogen-bond donors (Lipinski definition) is 2. The zero-order chi connectivity index (χ0) is 13.2. The van der Waals surface area contributed by atoms with Crippen LogP contribution in [0.3, 0.4) is 0 Å². The SMILES string of the molecule is CCCCNc1cc(NCCC)nc(COC)n1. The molecule has 1 heterocycles. The maximum Gasteiger partial charge on any atom is 0.158 e. The molecule has 1 aromatic rings. The lowest BCUT2D eigenvalue weighted by molar-refractivity contribution is 0.178. The van der Waals surface area contributed by atoms with Gasteiger partial charge in [0, 0.05) is 26.3 Å². The van der Waals surface area contributed by atoms with Crippen LogP contribution >= 0.6 is 0 Å². The van der Waals surface area contributed by atoms with Gasteiger partial charge in [-0.05, 0) is 12.8 Å². The van der Waals surface area contributed by atoms with Gasteiger partial charge in [-0.25, -0.2) is 9.97 Å². The molecule has 0 radical (unpaired) electrons. The van der Waals surface area contributed by atoms with Gasteiger partial charge in [-0.1, -0.05) is 20.3 Å². The zero-order valence-electron chi connectivity index (χ0n) is 11.6. The Bertz CT molecular complexity index is 344. The Morgan fingerprint density at radius 2 is 1.72 bits per heavy atom. The highest BCUT2D eigenvalue weighted by atomic mass is 16.5. The maximum atomic E-state index is 5.09. The standard InChI is InChI=1S/C13H24N4O/c1-4-6-8-15-12-9-11(14-7-5-2)16-13(17-12)10-18-3/h9H,4-8,10H2,1-3H3,(H2,14,15,16,17). The van der Waals surface area contributed by atoms with E-state index >= 15 is 0 Å². The van der Waals surface area contributed by atoms with E-state index in [1.54, 1.807) is 7.11 Å². The normalized spacial score (nSPS) is 10.4. The number of aromatic nitrogens is 2. The second-order valence-corrected chi connectivity index (χ2v) is 4.19. The van der Waals surface area contributed by atoms with Crippen molar-refractivity contribution >= 4 is 11.6 Å². The lowest BCUT2D eigenvalue weighted by Crippen LogP contribution is -2.10. The lowest BCUT2D eigenvalue weighted by atomic mass is 10.3. The molecule has 5 heteroatoms. The van der Waals surface area contributed by atoms with E-state index in [0.29, 0.717) is 12.4 Å². The van der Waals surface area contributed by atoms with Crippen molar-refractivity contribution in [3.8, 4) is 0 Å². The largest absolute Gasteiger partial charge is 0.377 e. The molecule has 18 heavy (non-hydrogen) atoms. The molecule has 0 aliphatic rings. The fraction of sp³-hybridized carbons (Fsp3) is 0.692. The first kappa shape index (κ1) is 14.7. The number of hydrogen-bond acceptors (Lipinski definition) is 5. The Kier molecular flexibility index (Phi) is 7.10. The summed E-state index contributed by atoms with van der Waals surface area (Å²) in [6, 6.07) is 1.95. The van der Waals surface area contributed by atoms with E-state index in [1.807, 2.05) is 6.07 Å². The summed E-state index contributed by atoms with van der Waals surface area (Å²) < 4.78 is 5.09. The molecule has 0 aliphatic carbocycles.